The lowest BCUT2D eigenvalue weighted by Crippen LogP contribution is -2.64. The number of halogens is 3. The van der Waals surface area contributed by atoms with Gasteiger partial charge in [-0.05, 0) is 18.6 Å². The molecule has 1 fully saturated rings. The molecule has 1 aliphatic rings. The van der Waals surface area contributed by atoms with Gasteiger partial charge in [-0.15, -0.1) is 0 Å². The monoisotopic (exact) mass is 302 g/mol. The second kappa shape index (κ2) is 5.55. The topological polar surface area (TPSA) is 52.6 Å². The van der Waals surface area contributed by atoms with Crippen molar-refractivity contribution in [1.29, 1.82) is 0 Å². The third-order valence-electron chi connectivity index (χ3n) is 3.45. The Bertz CT molecular complexity index is 525. The van der Waals surface area contributed by atoms with E-state index in [0.717, 1.165) is 12.5 Å². The highest BCUT2D eigenvalue weighted by Gasteiger charge is 2.43. The van der Waals surface area contributed by atoms with E-state index in [1.807, 2.05) is 6.92 Å². The van der Waals surface area contributed by atoms with Crippen LogP contribution in [0.25, 0.3) is 0 Å². The number of hydrogen-bond acceptors (Lipinski definition) is 2. The Labute approximate surface area is 120 Å². The van der Waals surface area contributed by atoms with E-state index in [2.05, 4.69) is 5.32 Å². The molecule has 4 nitrogen and oxygen atoms in total. The lowest BCUT2D eigenvalue weighted by Gasteiger charge is -2.46. The van der Waals surface area contributed by atoms with Gasteiger partial charge in [0.25, 0.3) is 0 Å². The number of carbonyl (C=O) groups excluding carboxylic acids is 1. The van der Waals surface area contributed by atoms with Gasteiger partial charge in [0.2, 0.25) is 0 Å². The number of nitrogens with zero attached hydrogens (tertiary/aromatic N) is 1. The summed E-state index contributed by atoms with van der Waals surface area (Å²) >= 11 is 0. The number of β-amino-alcohol motifs (C(OH)–C–C–N with tert-alkyl or cyclic N) is 1. The molecule has 0 radical (unpaired) electrons. The standard InChI is InChI=1S/C14H17F3N2O2/c1-2-7-13(21)8-19(9-13)12(20)18-11-6-4-3-5-10(11)14(15,16)17/h3-6,21H,2,7-9H2,1H3,(H,18,20). The van der Waals surface area contributed by atoms with Gasteiger partial charge in [0.1, 0.15) is 0 Å². The quantitative estimate of drug-likeness (QED) is 0.901. The summed E-state index contributed by atoms with van der Waals surface area (Å²) in [5, 5.41) is 12.2. The zero-order valence-corrected chi connectivity index (χ0v) is 11.6. The summed E-state index contributed by atoms with van der Waals surface area (Å²) in [6.45, 7) is 2.20. The van der Waals surface area contributed by atoms with Gasteiger partial charge in [-0.25, -0.2) is 4.79 Å². The number of anilines is 1. The summed E-state index contributed by atoms with van der Waals surface area (Å²) in [5.74, 6) is 0. The molecular weight excluding hydrogens is 285 g/mol. The van der Waals surface area contributed by atoms with Gasteiger partial charge < -0.3 is 15.3 Å². The zero-order valence-electron chi connectivity index (χ0n) is 11.6. The van der Waals surface area contributed by atoms with Gasteiger partial charge in [-0.1, -0.05) is 25.5 Å². The number of hydrogen-bond donors (Lipinski definition) is 2. The molecule has 0 saturated carbocycles. The average molecular weight is 302 g/mol. The Morgan fingerprint density at radius 1 is 1.38 bits per heavy atom. The van der Waals surface area contributed by atoms with Gasteiger partial charge in [-0.3, -0.25) is 0 Å². The molecule has 21 heavy (non-hydrogen) atoms. The van der Waals surface area contributed by atoms with E-state index in [9.17, 15) is 23.1 Å². The van der Waals surface area contributed by atoms with Crippen LogP contribution in [0.1, 0.15) is 25.3 Å². The van der Waals surface area contributed by atoms with E-state index in [1.165, 1.54) is 23.1 Å². The van der Waals surface area contributed by atoms with Crippen molar-refractivity contribution >= 4 is 11.7 Å². The first kappa shape index (κ1) is 15.6. The lowest BCUT2D eigenvalue weighted by atomic mass is 9.90. The number of amides is 2. The van der Waals surface area contributed by atoms with Gasteiger partial charge in [-0.2, -0.15) is 13.2 Å². The number of rotatable bonds is 3. The minimum atomic E-state index is -4.53. The van der Waals surface area contributed by atoms with E-state index in [4.69, 9.17) is 0 Å². The Kier molecular flexibility index (Phi) is 4.13. The van der Waals surface area contributed by atoms with Crippen molar-refractivity contribution in [2.45, 2.75) is 31.5 Å². The predicted octanol–water partition coefficient (Wildman–Crippen LogP) is 3.08. The fraction of sp³-hybridized carbons (Fsp3) is 0.500. The van der Waals surface area contributed by atoms with Gasteiger partial charge in [0.15, 0.2) is 0 Å². The van der Waals surface area contributed by atoms with Crippen molar-refractivity contribution in [2.24, 2.45) is 0 Å². The van der Waals surface area contributed by atoms with Crippen LogP contribution >= 0.6 is 0 Å². The number of para-hydroxylation sites is 1. The number of likely N-dealkylation sites (tertiary alicyclic amines) is 1. The van der Waals surface area contributed by atoms with E-state index in [1.54, 1.807) is 0 Å². The summed E-state index contributed by atoms with van der Waals surface area (Å²) in [4.78, 5) is 13.2. The van der Waals surface area contributed by atoms with Crippen molar-refractivity contribution in [1.82, 2.24) is 4.90 Å². The van der Waals surface area contributed by atoms with Crippen molar-refractivity contribution in [3.63, 3.8) is 0 Å². The van der Waals surface area contributed by atoms with E-state index >= 15 is 0 Å². The second-order valence-electron chi connectivity index (χ2n) is 5.30. The Hall–Kier alpha value is -1.76. The molecule has 116 valence electrons. The third kappa shape index (κ3) is 3.47. The highest BCUT2D eigenvalue weighted by atomic mass is 19.4. The Morgan fingerprint density at radius 3 is 2.57 bits per heavy atom. The first-order valence-electron chi connectivity index (χ1n) is 6.70. The van der Waals surface area contributed by atoms with Crippen LogP contribution in [-0.4, -0.2) is 34.7 Å². The molecule has 1 aromatic carbocycles. The molecule has 7 heteroatoms. The largest absolute Gasteiger partial charge is 0.418 e. The van der Waals surface area contributed by atoms with Crippen molar-refractivity contribution < 1.29 is 23.1 Å². The highest BCUT2D eigenvalue weighted by Crippen LogP contribution is 2.35. The second-order valence-corrected chi connectivity index (χ2v) is 5.30. The maximum Gasteiger partial charge on any atom is 0.418 e. The molecule has 0 unspecified atom stereocenters. The van der Waals surface area contributed by atoms with Gasteiger partial charge in [0, 0.05) is 0 Å². The molecule has 0 spiro atoms. The highest BCUT2D eigenvalue weighted by molar-refractivity contribution is 5.91. The minimum absolute atomic E-state index is 0.140. The SMILES string of the molecule is CCCC1(O)CN(C(=O)Nc2ccccc2C(F)(F)F)C1. The molecule has 0 bridgehead atoms. The zero-order chi connectivity index (χ0) is 15.7. The van der Waals surface area contributed by atoms with E-state index in [-0.39, 0.29) is 18.8 Å². The van der Waals surface area contributed by atoms with Crippen molar-refractivity contribution in [3.8, 4) is 0 Å². The molecule has 1 heterocycles. The van der Waals surface area contributed by atoms with Gasteiger partial charge >= 0.3 is 12.2 Å². The average Bonchev–Trinajstić information content (AvgIpc) is 2.35. The summed E-state index contributed by atoms with van der Waals surface area (Å²) in [6, 6.07) is 4.18. The lowest BCUT2D eigenvalue weighted by molar-refractivity contribution is -0.136. The first-order chi connectivity index (χ1) is 9.75. The van der Waals surface area contributed by atoms with E-state index < -0.39 is 23.4 Å². The van der Waals surface area contributed by atoms with Crippen LogP contribution in [0.15, 0.2) is 24.3 Å². The van der Waals surface area contributed by atoms with Gasteiger partial charge in [0.05, 0.1) is 29.9 Å². The number of carbonyl (C=O) groups is 1. The molecule has 0 aliphatic carbocycles. The molecule has 2 N–H and O–H groups in total. The molecule has 0 aromatic heterocycles. The number of urea groups is 1. The van der Waals surface area contributed by atoms with Crippen LogP contribution < -0.4 is 5.32 Å². The summed E-state index contributed by atoms with van der Waals surface area (Å²) in [6.07, 6.45) is -3.18. The van der Waals surface area contributed by atoms with Crippen molar-refractivity contribution in [3.05, 3.63) is 29.8 Å². The maximum absolute atomic E-state index is 12.8. The molecule has 2 rings (SSSR count). The maximum atomic E-state index is 12.8. The smallest absolute Gasteiger partial charge is 0.386 e. The van der Waals surface area contributed by atoms with Crippen LogP contribution in [0.2, 0.25) is 0 Å². The minimum Gasteiger partial charge on any atom is -0.386 e. The molecule has 1 aliphatic heterocycles. The summed E-state index contributed by atoms with van der Waals surface area (Å²) < 4.78 is 38.4. The van der Waals surface area contributed by atoms with E-state index in [0.29, 0.717) is 6.42 Å². The fourth-order valence-electron chi connectivity index (χ4n) is 2.46. The summed E-state index contributed by atoms with van der Waals surface area (Å²) in [7, 11) is 0. The fourth-order valence-corrected chi connectivity index (χ4v) is 2.46. The Balaban J connectivity index is 2.02. The van der Waals surface area contributed by atoms with Crippen LogP contribution in [0, 0.1) is 0 Å². The van der Waals surface area contributed by atoms with Crippen LogP contribution in [-0.2, 0) is 6.18 Å². The van der Waals surface area contributed by atoms with Crippen LogP contribution in [0.3, 0.4) is 0 Å². The third-order valence-corrected chi connectivity index (χ3v) is 3.45. The molecule has 0 atom stereocenters. The number of alkyl halides is 3. The normalized spacial score (nSPS) is 17.3. The van der Waals surface area contributed by atoms with Crippen LogP contribution in [0.4, 0.5) is 23.7 Å². The number of benzene rings is 1. The first-order valence-corrected chi connectivity index (χ1v) is 6.70. The molecule has 1 aromatic rings. The predicted molar refractivity (Wildman–Crippen MR) is 71.9 cm³/mol. The van der Waals surface area contributed by atoms with Crippen LogP contribution in [0.5, 0.6) is 0 Å². The molecular formula is C14H17F3N2O2. The Morgan fingerprint density at radius 2 is 2.00 bits per heavy atom. The number of aliphatic hydroxyl groups is 1. The molecule has 1 saturated heterocycles. The number of nitrogens with one attached hydrogen (secondary N) is 1. The summed E-state index contributed by atoms with van der Waals surface area (Å²) in [5.41, 5.74) is -2.07. The molecule has 2 amide bonds. The van der Waals surface area contributed by atoms with Crippen molar-refractivity contribution in [2.75, 3.05) is 18.4 Å².